The quantitative estimate of drug-likeness (QED) is 0.539. The van der Waals surface area contributed by atoms with Crippen LogP contribution in [0.4, 0.5) is 0 Å². The van der Waals surface area contributed by atoms with Gasteiger partial charge in [-0.2, -0.15) is 0 Å². The summed E-state index contributed by atoms with van der Waals surface area (Å²) in [6.07, 6.45) is 3.86. The fourth-order valence-electron chi connectivity index (χ4n) is 4.80. The molecule has 3 aromatic rings. The SMILES string of the molecule is Cc1ccc(C2CC2)c(-c2ccc3c4c(ccnc24)CCO3)c1C(OC(C)(C)C)C(=O)O. The zero-order valence-electron chi connectivity index (χ0n) is 19.1. The Balaban J connectivity index is 1.83. The first-order valence-electron chi connectivity index (χ1n) is 11.3. The van der Waals surface area contributed by atoms with Crippen molar-refractivity contribution in [2.45, 2.75) is 64.6 Å². The summed E-state index contributed by atoms with van der Waals surface area (Å²) >= 11 is 0. The van der Waals surface area contributed by atoms with Crippen molar-refractivity contribution >= 4 is 16.9 Å². The molecule has 1 aliphatic carbocycles. The fourth-order valence-corrected chi connectivity index (χ4v) is 4.80. The lowest BCUT2D eigenvalue weighted by molar-refractivity contribution is -0.160. The monoisotopic (exact) mass is 431 g/mol. The normalized spacial score (nSPS) is 16.6. The van der Waals surface area contributed by atoms with Gasteiger partial charge in [-0.1, -0.05) is 12.1 Å². The Bertz CT molecular complexity index is 1210. The van der Waals surface area contributed by atoms with Crippen LogP contribution in [0.5, 0.6) is 5.75 Å². The van der Waals surface area contributed by atoms with Crippen LogP contribution in [0.25, 0.3) is 22.0 Å². The van der Waals surface area contributed by atoms with Crippen molar-refractivity contribution in [1.29, 1.82) is 0 Å². The van der Waals surface area contributed by atoms with E-state index in [2.05, 4.69) is 12.1 Å². The second-order valence-corrected chi connectivity index (χ2v) is 9.89. The Morgan fingerprint density at radius 1 is 1.19 bits per heavy atom. The summed E-state index contributed by atoms with van der Waals surface area (Å²) in [7, 11) is 0. The lowest BCUT2D eigenvalue weighted by Crippen LogP contribution is -2.28. The van der Waals surface area contributed by atoms with Gasteiger partial charge < -0.3 is 14.6 Å². The second-order valence-electron chi connectivity index (χ2n) is 9.89. The molecule has 0 spiro atoms. The van der Waals surface area contributed by atoms with Crippen LogP contribution in [0.3, 0.4) is 0 Å². The van der Waals surface area contributed by atoms with Gasteiger partial charge >= 0.3 is 5.97 Å². The Hall–Kier alpha value is -2.92. The maximum atomic E-state index is 12.5. The lowest BCUT2D eigenvalue weighted by Gasteiger charge is -2.29. The molecular formula is C27H29NO4. The highest BCUT2D eigenvalue weighted by Crippen LogP contribution is 2.50. The van der Waals surface area contributed by atoms with Crippen LogP contribution in [-0.2, 0) is 16.0 Å². The molecule has 0 bridgehead atoms. The molecule has 5 heteroatoms. The van der Waals surface area contributed by atoms with Gasteiger partial charge in [0.25, 0.3) is 0 Å². The molecule has 1 saturated carbocycles. The van der Waals surface area contributed by atoms with E-state index in [0.717, 1.165) is 58.2 Å². The third-order valence-corrected chi connectivity index (χ3v) is 6.31. The molecule has 1 aromatic heterocycles. The van der Waals surface area contributed by atoms with Gasteiger partial charge in [0.15, 0.2) is 6.10 Å². The molecule has 2 aromatic carbocycles. The summed E-state index contributed by atoms with van der Waals surface area (Å²) in [6, 6.07) is 10.3. The first kappa shape index (κ1) is 21.0. The number of nitrogens with zero attached hydrogens (tertiary/aromatic N) is 1. The molecule has 2 aliphatic rings. The summed E-state index contributed by atoms with van der Waals surface area (Å²) < 4.78 is 12.1. The van der Waals surface area contributed by atoms with E-state index in [4.69, 9.17) is 14.5 Å². The van der Waals surface area contributed by atoms with Crippen LogP contribution in [0, 0.1) is 6.92 Å². The van der Waals surface area contributed by atoms with Crippen molar-refractivity contribution in [3.63, 3.8) is 0 Å². The minimum Gasteiger partial charge on any atom is -0.493 e. The molecular weight excluding hydrogens is 402 g/mol. The van der Waals surface area contributed by atoms with E-state index in [1.807, 2.05) is 52.1 Å². The van der Waals surface area contributed by atoms with E-state index in [-0.39, 0.29) is 0 Å². The molecule has 5 nitrogen and oxygen atoms in total. The van der Waals surface area contributed by atoms with Gasteiger partial charge in [0.1, 0.15) is 5.75 Å². The fraction of sp³-hybridized carbons (Fsp3) is 0.407. The number of carbonyl (C=O) groups is 1. The van der Waals surface area contributed by atoms with Gasteiger partial charge in [-0.15, -0.1) is 0 Å². The summed E-state index contributed by atoms with van der Waals surface area (Å²) in [5.74, 6) is 0.313. The highest BCUT2D eigenvalue weighted by Gasteiger charge is 2.35. The number of carboxylic acids is 1. The first-order valence-corrected chi connectivity index (χ1v) is 11.3. The van der Waals surface area contributed by atoms with E-state index in [9.17, 15) is 9.90 Å². The molecule has 0 radical (unpaired) electrons. The zero-order chi connectivity index (χ0) is 22.6. The average Bonchev–Trinajstić information content (AvgIpc) is 3.57. The van der Waals surface area contributed by atoms with Crippen LogP contribution >= 0.6 is 0 Å². The number of ether oxygens (including phenoxy) is 2. The third-order valence-electron chi connectivity index (χ3n) is 6.31. The molecule has 1 atom stereocenters. The van der Waals surface area contributed by atoms with Crippen molar-refractivity contribution in [3.8, 4) is 16.9 Å². The second kappa shape index (κ2) is 7.59. The summed E-state index contributed by atoms with van der Waals surface area (Å²) in [6.45, 7) is 8.31. The molecule has 32 heavy (non-hydrogen) atoms. The van der Waals surface area contributed by atoms with Gasteiger partial charge in [-0.25, -0.2) is 4.79 Å². The Labute approximate surface area is 188 Å². The van der Waals surface area contributed by atoms with Gasteiger partial charge in [-0.05, 0) is 86.9 Å². The zero-order valence-corrected chi connectivity index (χ0v) is 19.1. The largest absolute Gasteiger partial charge is 0.493 e. The lowest BCUT2D eigenvalue weighted by atomic mass is 9.85. The summed E-state index contributed by atoms with van der Waals surface area (Å²) in [4.78, 5) is 17.2. The van der Waals surface area contributed by atoms with Gasteiger partial charge in [0, 0.05) is 29.1 Å². The van der Waals surface area contributed by atoms with Crippen molar-refractivity contribution in [2.24, 2.45) is 0 Å². The van der Waals surface area contributed by atoms with Crippen molar-refractivity contribution in [2.75, 3.05) is 6.61 Å². The van der Waals surface area contributed by atoms with Crippen LogP contribution in [0.1, 0.15) is 67.9 Å². The number of rotatable bonds is 5. The van der Waals surface area contributed by atoms with Crippen molar-refractivity contribution in [1.82, 2.24) is 4.98 Å². The number of carboxylic acid groups (broad SMARTS) is 1. The number of pyridine rings is 1. The minimum atomic E-state index is -1.06. The smallest absolute Gasteiger partial charge is 0.337 e. The Kier molecular flexibility index (Phi) is 4.97. The van der Waals surface area contributed by atoms with Crippen LogP contribution in [0.15, 0.2) is 36.5 Å². The number of aryl methyl sites for hydroxylation is 1. The molecule has 166 valence electrons. The molecule has 5 rings (SSSR count). The molecule has 1 N–H and O–H groups in total. The predicted octanol–water partition coefficient (Wildman–Crippen LogP) is 5.96. The average molecular weight is 432 g/mol. The van der Waals surface area contributed by atoms with Crippen molar-refractivity contribution < 1.29 is 19.4 Å². The highest BCUT2D eigenvalue weighted by molar-refractivity contribution is 6.01. The highest BCUT2D eigenvalue weighted by atomic mass is 16.5. The third kappa shape index (κ3) is 3.65. The van der Waals surface area contributed by atoms with E-state index in [1.54, 1.807) is 0 Å². The van der Waals surface area contributed by atoms with E-state index < -0.39 is 17.7 Å². The first-order chi connectivity index (χ1) is 15.2. The molecule has 2 heterocycles. The molecule has 1 unspecified atom stereocenters. The number of aromatic nitrogens is 1. The van der Waals surface area contributed by atoms with E-state index in [0.29, 0.717) is 12.5 Å². The minimum absolute atomic E-state index is 0.440. The maximum Gasteiger partial charge on any atom is 0.337 e. The summed E-state index contributed by atoms with van der Waals surface area (Å²) in [5, 5.41) is 11.3. The number of hydrogen-bond donors (Lipinski definition) is 1. The van der Waals surface area contributed by atoms with Gasteiger partial charge in [0.2, 0.25) is 0 Å². The van der Waals surface area contributed by atoms with Crippen molar-refractivity contribution in [3.05, 3.63) is 58.8 Å². The number of hydrogen-bond acceptors (Lipinski definition) is 4. The van der Waals surface area contributed by atoms with Gasteiger partial charge in [-0.3, -0.25) is 4.98 Å². The van der Waals surface area contributed by atoms with Crippen LogP contribution in [-0.4, -0.2) is 28.3 Å². The molecule has 0 amide bonds. The topological polar surface area (TPSA) is 68.7 Å². The molecule has 0 saturated heterocycles. The van der Waals surface area contributed by atoms with E-state index >= 15 is 0 Å². The number of aliphatic carboxylic acids is 1. The van der Waals surface area contributed by atoms with Crippen LogP contribution in [0.2, 0.25) is 0 Å². The number of benzene rings is 2. The Morgan fingerprint density at radius 3 is 2.66 bits per heavy atom. The van der Waals surface area contributed by atoms with Gasteiger partial charge in [0.05, 0.1) is 17.7 Å². The van der Waals surface area contributed by atoms with Crippen LogP contribution < -0.4 is 4.74 Å². The molecule has 1 aliphatic heterocycles. The molecule has 1 fully saturated rings. The summed E-state index contributed by atoms with van der Waals surface area (Å²) in [5.41, 5.74) is 6.25. The van der Waals surface area contributed by atoms with E-state index in [1.165, 1.54) is 11.1 Å². The Morgan fingerprint density at radius 2 is 1.97 bits per heavy atom. The predicted molar refractivity (Wildman–Crippen MR) is 124 cm³/mol. The standard InChI is InChI=1S/C27H29NO4/c1-15-5-8-18(16-6-7-16)23(21(15)25(26(29)30)32-27(2,3)4)19-9-10-20-22-17(12-14-31-20)11-13-28-24(19)22/h5,8-11,13,16,25H,6-7,12,14H2,1-4H3,(H,29,30). The maximum absolute atomic E-state index is 12.5.